The van der Waals surface area contributed by atoms with Crippen molar-refractivity contribution in [3.05, 3.63) is 108 Å². The number of rotatable bonds is 7. The van der Waals surface area contributed by atoms with E-state index < -0.39 is 6.04 Å². The molecule has 0 saturated carbocycles. The van der Waals surface area contributed by atoms with Crippen molar-refractivity contribution >= 4 is 11.8 Å². The van der Waals surface area contributed by atoms with E-state index in [4.69, 9.17) is 4.74 Å². The largest absolute Gasteiger partial charge is 0.497 e. The fraction of sp³-hybridized carbons (Fsp3) is 0.222. The maximum absolute atomic E-state index is 13.8. The van der Waals surface area contributed by atoms with Gasteiger partial charge in [0.05, 0.1) is 13.2 Å². The van der Waals surface area contributed by atoms with Crippen LogP contribution in [-0.2, 0) is 11.2 Å². The van der Waals surface area contributed by atoms with Gasteiger partial charge in [-0.05, 0) is 41.8 Å². The third-order valence-electron chi connectivity index (χ3n) is 5.77. The first-order valence-corrected chi connectivity index (χ1v) is 11.0. The molecule has 33 heavy (non-hydrogen) atoms. The highest BCUT2D eigenvalue weighted by molar-refractivity contribution is 5.98. The number of carbonyl (C=O) groups is 2. The minimum atomic E-state index is -0.711. The first-order chi connectivity index (χ1) is 16.2. The first-order valence-electron chi connectivity index (χ1n) is 11.0. The summed E-state index contributed by atoms with van der Waals surface area (Å²) in [6.45, 7) is 0.485. The summed E-state index contributed by atoms with van der Waals surface area (Å²) in [7, 11) is 1.56. The summed E-state index contributed by atoms with van der Waals surface area (Å²) in [6, 6.07) is 19.7. The maximum Gasteiger partial charge on any atom is 0.252 e. The Morgan fingerprint density at radius 2 is 1.94 bits per heavy atom. The monoisotopic (exact) mass is 441 g/mol. The van der Waals surface area contributed by atoms with Crippen LogP contribution in [0.15, 0.2) is 91.3 Å². The number of nitrogens with zero attached hydrogens (tertiary/aromatic N) is 2. The first kappa shape index (κ1) is 22.3. The van der Waals surface area contributed by atoms with Crippen molar-refractivity contribution < 1.29 is 14.3 Å². The van der Waals surface area contributed by atoms with Crippen LogP contribution in [0.2, 0.25) is 0 Å². The predicted octanol–water partition coefficient (Wildman–Crippen LogP) is 3.96. The lowest BCUT2D eigenvalue weighted by Gasteiger charge is -2.36. The van der Waals surface area contributed by atoms with Crippen LogP contribution in [0.4, 0.5) is 0 Å². The van der Waals surface area contributed by atoms with Crippen molar-refractivity contribution in [2.75, 3.05) is 13.7 Å². The van der Waals surface area contributed by atoms with Crippen molar-refractivity contribution in [2.45, 2.75) is 24.9 Å². The van der Waals surface area contributed by atoms with Crippen molar-refractivity contribution in [2.24, 2.45) is 0 Å². The standard InChI is InChI=1S/C27H27N3O3/c1-33-23-13-7-11-21(18-23)26(31)29-24(17-20-9-3-2-4-10-20)27(32)30-16-6-5-14-25(30)22-12-8-15-28-19-22/h2-13,15,18-19,24-25H,14,16-17H2,1H3,(H,29,31)/t24-,25?/m1/s1. The molecule has 0 bridgehead atoms. The molecule has 6 nitrogen and oxygen atoms in total. The number of aromatic nitrogens is 1. The number of carbonyl (C=O) groups excluding carboxylic acids is 2. The lowest BCUT2D eigenvalue weighted by atomic mass is 9.97. The van der Waals surface area contributed by atoms with Crippen LogP contribution < -0.4 is 10.1 Å². The number of amides is 2. The third kappa shape index (κ3) is 5.47. The lowest BCUT2D eigenvalue weighted by Crippen LogP contribution is -2.51. The summed E-state index contributed by atoms with van der Waals surface area (Å²) in [4.78, 5) is 33.0. The van der Waals surface area contributed by atoms with Gasteiger partial charge in [-0.3, -0.25) is 14.6 Å². The molecule has 2 atom stereocenters. The van der Waals surface area contributed by atoms with Gasteiger partial charge in [0.15, 0.2) is 0 Å². The Morgan fingerprint density at radius 3 is 2.70 bits per heavy atom. The zero-order chi connectivity index (χ0) is 23.0. The van der Waals surface area contributed by atoms with Crippen LogP contribution in [0, 0.1) is 0 Å². The molecule has 2 amide bonds. The van der Waals surface area contributed by atoms with Gasteiger partial charge >= 0.3 is 0 Å². The minimum absolute atomic E-state index is 0.117. The number of benzene rings is 2. The molecule has 168 valence electrons. The Bertz CT molecular complexity index is 1120. The Hall–Kier alpha value is -3.93. The fourth-order valence-electron chi connectivity index (χ4n) is 4.06. The van der Waals surface area contributed by atoms with Crippen molar-refractivity contribution in [3.8, 4) is 5.75 Å². The number of methoxy groups -OCH3 is 1. The molecule has 2 aromatic carbocycles. The number of pyridine rings is 1. The molecule has 4 rings (SSSR count). The van der Waals surface area contributed by atoms with Gasteiger partial charge in [0, 0.05) is 30.9 Å². The quantitative estimate of drug-likeness (QED) is 0.564. The van der Waals surface area contributed by atoms with Gasteiger partial charge in [-0.2, -0.15) is 0 Å². The molecule has 6 heteroatoms. The summed E-state index contributed by atoms with van der Waals surface area (Å²) in [5, 5.41) is 2.98. The maximum atomic E-state index is 13.8. The van der Waals surface area contributed by atoms with Crippen molar-refractivity contribution in [3.63, 3.8) is 0 Å². The average Bonchev–Trinajstić information content (AvgIpc) is 2.89. The van der Waals surface area contributed by atoms with Crippen LogP contribution in [-0.4, -0.2) is 41.4 Å². The molecule has 0 saturated heterocycles. The minimum Gasteiger partial charge on any atom is -0.497 e. The smallest absolute Gasteiger partial charge is 0.252 e. The zero-order valence-corrected chi connectivity index (χ0v) is 18.6. The van der Waals surface area contributed by atoms with Crippen molar-refractivity contribution in [1.82, 2.24) is 15.2 Å². The molecule has 1 N–H and O–H groups in total. The van der Waals surface area contributed by atoms with Crippen LogP contribution in [0.25, 0.3) is 0 Å². The van der Waals surface area contributed by atoms with Crippen LogP contribution in [0.3, 0.4) is 0 Å². The van der Waals surface area contributed by atoms with E-state index >= 15 is 0 Å². The van der Waals surface area contributed by atoms with Gasteiger partial charge in [-0.1, -0.05) is 54.6 Å². The van der Waals surface area contributed by atoms with E-state index in [9.17, 15) is 9.59 Å². The molecule has 1 aliphatic rings. The fourth-order valence-corrected chi connectivity index (χ4v) is 4.06. The SMILES string of the molecule is COc1cccc(C(=O)N[C@H](Cc2ccccc2)C(=O)N2CC=CCC2c2cccnc2)c1. The number of hydrogen-bond donors (Lipinski definition) is 1. The van der Waals surface area contributed by atoms with E-state index in [0.717, 1.165) is 11.1 Å². The highest BCUT2D eigenvalue weighted by atomic mass is 16.5. The van der Waals surface area contributed by atoms with E-state index in [1.165, 1.54) is 0 Å². The van der Waals surface area contributed by atoms with Gasteiger partial charge in [0.2, 0.25) is 5.91 Å². The van der Waals surface area contributed by atoms with Crippen LogP contribution in [0.5, 0.6) is 5.75 Å². The molecule has 1 aromatic heterocycles. The van der Waals surface area contributed by atoms with Gasteiger partial charge in [-0.15, -0.1) is 0 Å². The predicted molar refractivity (Wildman–Crippen MR) is 127 cm³/mol. The Kier molecular flexibility index (Phi) is 7.15. The molecule has 0 radical (unpaired) electrons. The van der Waals surface area contributed by atoms with Crippen LogP contribution in [0.1, 0.15) is 33.9 Å². The summed E-state index contributed by atoms with van der Waals surface area (Å²) in [5.41, 5.74) is 2.41. The lowest BCUT2D eigenvalue weighted by molar-refractivity contribution is -0.135. The van der Waals surface area contributed by atoms with Gasteiger partial charge in [-0.25, -0.2) is 0 Å². The summed E-state index contributed by atoms with van der Waals surface area (Å²) in [6.07, 6.45) is 8.71. The highest BCUT2D eigenvalue weighted by Gasteiger charge is 2.32. The molecule has 0 fully saturated rings. The van der Waals surface area contributed by atoms with E-state index in [1.807, 2.05) is 53.4 Å². The summed E-state index contributed by atoms with van der Waals surface area (Å²) >= 11 is 0. The molecular weight excluding hydrogens is 414 g/mol. The second-order valence-corrected chi connectivity index (χ2v) is 7.95. The second kappa shape index (κ2) is 10.6. The zero-order valence-electron chi connectivity index (χ0n) is 18.6. The Morgan fingerprint density at radius 1 is 1.09 bits per heavy atom. The Labute approximate surface area is 193 Å². The van der Waals surface area contributed by atoms with E-state index in [-0.39, 0.29) is 17.9 Å². The molecule has 3 aromatic rings. The topological polar surface area (TPSA) is 71.5 Å². The summed E-state index contributed by atoms with van der Waals surface area (Å²) in [5.74, 6) is 0.161. The van der Waals surface area contributed by atoms with E-state index in [2.05, 4.69) is 16.4 Å². The second-order valence-electron chi connectivity index (χ2n) is 7.95. The van der Waals surface area contributed by atoms with Gasteiger partial charge in [0.25, 0.3) is 5.91 Å². The molecule has 2 heterocycles. The highest BCUT2D eigenvalue weighted by Crippen LogP contribution is 2.28. The van der Waals surface area contributed by atoms with Crippen LogP contribution >= 0.6 is 0 Å². The number of hydrogen-bond acceptors (Lipinski definition) is 4. The molecule has 1 unspecified atom stereocenters. The average molecular weight is 442 g/mol. The normalized spacial score (nSPS) is 16.2. The van der Waals surface area contributed by atoms with Gasteiger partial charge < -0.3 is 15.0 Å². The number of ether oxygens (including phenoxy) is 1. The van der Waals surface area contributed by atoms with E-state index in [1.54, 1.807) is 43.8 Å². The third-order valence-corrected chi connectivity index (χ3v) is 5.77. The Balaban J connectivity index is 1.61. The molecular formula is C27H27N3O3. The molecule has 0 spiro atoms. The van der Waals surface area contributed by atoms with Crippen molar-refractivity contribution in [1.29, 1.82) is 0 Å². The number of nitrogens with one attached hydrogen (secondary N) is 1. The molecule has 0 aliphatic carbocycles. The molecule has 1 aliphatic heterocycles. The summed E-state index contributed by atoms with van der Waals surface area (Å²) < 4.78 is 5.24. The van der Waals surface area contributed by atoms with E-state index in [0.29, 0.717) is 30.7 Å². The van der Waals surface area contributed by atoms with Gasteiger partial charge in [0.1, 0.15) is 11.8 Å².